The summed E-state index contributed by atoms with van der Waals surface area (Å²) in [6.45, 7) is 8.84. The van der Waals surface area contributed by atoms with Gasteiger partial charge in [-0.25, -0.2) is 4.79 Å². The summed E-state index contributed by atoms with van der Waals surface area (Å²) < 4.78 is 21.2. The van der Waals surface area contributed by atoms with E-state index in [4.69, 9.17) is 18.9 Å². The number of allylic oxidation sites excluding steroid dienone is 3. The number of carbonyl (C=O) groups excluding carboxylic acids is 3. The number of carbonyl (C=O) groups is 3. The normalized spacial score (nSPS) is 22.1. The molecule has 184 valence electrons. The Labute approximate surface area is 200 Å². The molecule has 3 rings (SSSR count). The van der Waals surface area contributed by atoms with Crippen LogP contribution in [0.15, 0.2) is 46.8 Å². The van der Waals surface area contributed by atoms with Crippen molar-refractivity contribution >= 4 is 17.7 Å². The summed E-state index contributed by atoms with van der Waals surface area (Å²) in [6.07, 6.45) is 0.485. The summed E-state index contributed by atoms with van der Waals surface area (Å²) >= 11 is 0. The van der Waals surface area contributed by atoms with Crippen LogP contribution >= 0.6 is 0 Å². The van der Waals surface area contributed by atoms with Crippen molar-refractivity contribution in [3.05, 3.63) is 52.4 Å². The number of methoxy groups -OCH3 is 1. The minimum Gasteiger partial charge on any atom is -0.494 e. The molecule has 8 nitrogen and oxygen atoms in total. The van der Waals surface area contributed by atoms with Crippen LogP contribution in [0.2, 0.25) is 0 Å². The Morgan fingerprint density at radius 3 is 2.41 bits per heavy atom. The van der Waals surface area contributed by atoms with Gasteiger partial charge in [0.2, 0.25) is 0 Å². The van der Waals surface area contributed by atoms with E-state index >= 15 is 0 Å². The molecule has 34 heavy (non-hydrogen) atoms. The van der Waals surface area contributed by atoms with Crippen LogP contribution in [0.1, 0.15) is 45.6 Å². The van der Waals surface area contributed by atoms with Gasteiger partial charge in [-0.05, 0) is 50.8 Å². The lowest BCUT2D eigenvalue weighted by Gasteiger charge is -2.38. The molecule has 0 saturated carbocycles. The summed E-state index contributed by atoms with van der Waals surface area (Å²) in [4.78, 5) is 39.4. The largest absolute Gasteiger partial charge is 0.494 e. The molecule has 0 fully saturated rings. The third kappa shape index (κ3) is 5.17. The zero-order valence-electron chi connectivity index (χ0n) is 20.4. The average Bonchev–Trinajstić information content (AvgIpc) is 2.81. The van der Waals surface area contributed by atoms with Crippen LogP contribution in [0.25, 0.3) is 0 Å². The van der Waals surface area contributed by atoms with Crippen molar-refractivity contribution in [3.8, 4) is 5.75 Å². The molecule has 8 heteroatoms. The molecule has 1 aromatic carbocycles. The second kappa shape index (κ2) is 11.3. The number of hydrogen-bond donors (Lipinski definition) is 1. The Hall–Kier alpha value is -3.13. The minimum absolute atomic E-state index is 0.0983. The van der Waals surface area contributed by atoms with Crippen molar-refractivity contribution in [1.29, 1.82) is 0 Å². The number of ether oxygens (including phenoxy) is 4. The highest BCUT2D eigenvalue weighted by Gasteiger charge is 2.47. The maximum absolute atomic E-state index is 13.7. The standard InChI is InChI=1S/C26H33NO7/c1-6-32-12-13-34-26(30)21-16(4)27-19-14-15(3)20(25(29)31-5)24(28)23(19)22(21)17-8-10-18(11-9-17)33-7-2/h8-11,15,20,22,27H,6-7,12-14H2,1-5H3/t15-,20+,22+/m0/s1. The van der Waals surface area contributed by atoms with Gasteiger partial charge in [0.25, 0.3) is 0 Å². The molecule has 1 heterocycles. The maximum Gasteiger partial charge on any atom is 0.336 e. The lowest BCUT2D eigenvalue weighted by molar-refractivity contribution is -0.151. The van der Waals surface area contributed by atoms with Crippen molar-refractivity contribution in [3.63, 3.8) is 0 Å². The Kier molecular flexibility index (Phi) is 8.50. The van der Waals surface area contributed by atoms with Gasteiger partial charge in [0, 0.05) is 29.5 Å². The molecule has 0 amide bonds. The van der Waals surface area contributed by atoms with E-state index < -0.39 is 23.8 Å². The quantitative estimate of drug-likeness (QED) is 0.333. The fourth-order valence-electron chi connectivity index (χ4n) is 4.62. The Balaban J connectivity index is 2.06. The van der Waals surface area contributed by atoms with Crippen LogP contribution in [0, 0.1) is 11.8 Å². The fraction of sp³-hybridized carbons (Fsp3) is 0.500. The van der Waals surface area contributed by atoms with Crippen LogP contribution in [-0.2, 0) is 28.6 Å². The van der Waals surface area contributed by atoms with E-state index in [0.717, 1.165) is 11.3 Å². The summed E-state index contributed by atoms with van der Waals surface area (Å²) in [5.41, 5.74) is 2.82. The van der Waals surface area contributed by atoms with Crippen LogP contribution in [0.5, 0.6) is 5.75 Å². The smallest absolute Gasteiger partial charge is 0.336 e. The minimum atomic E-state index is -0.927. The highest BCUT2D eigenvalue weighted by molar-refractivity contribution is 6.12. The molecule has 0 radical (unpaired) electrons. The molecule has 3 atom stereocenters. The summed E-state index contributed by atoms with van der Waals surface area (Å²) in [7, 11) is 1.28. The highest BCUT2D eigenvalue weighted by atomic mass is 16.6. The van der Waals surface area contributed by atoms with E-state index in [2.05, 4.69) is 5.32 Å². The summed E-state index contributed by atoms with van der Waals surface area (Å²) in [5, 5.41) is 3.25. The lowest BCUT2D eigenvalue weighted by atomic mass is 9.69. The molecule has 1 aromatic rings. The first-order valence-corrected chi connectivity index (χ1v) is 11.6. The SMILES string of the molecule is CCOCCOC(=O)C1=C(C)NC2=C(C(=O)[C@H](C(=O)OC)[C@@H](C)C2)[C@@H]1c1ccc(OCC)cc1. The second-order valence-corrected chi connectivity index (χ2v) is 8.37. The van der Waals surface area contributed by atoms with Crippen LogP contribution in [0.4, 0.5) is 0 Å². The fourth-order valence-corrected chi connectivity index (χ4v) is 4.62. The zero-order chi connectivity index (χ0) is 24.8. The molecule has 1 N–H and O–H groups in total. The summed E-state index contributed by atoms with van der Waals surface area (Å²) in [5.74, 6) is -2.59. The van der Waals surface area contributed by atoms with Crippen molar-refractivity contribution in [2.45, 2.75) is 40.0 Å². The van der Waals surface area contributed by atoms with Crippen LogP contribution in [-0.4, -0.2) is 51.3 Å². The number of hydrogen-bond acceptors (Lipinski definition) is 8. The molecule has 0 aromatic heterocycles. The second-order valence-electron chi connectivity index (χ2n) is 8.37. The third-order valence-electron chi connectivity index (χ3n) is 6.15. The molecule has 0 saturated heterocycles. The Morgan fingerprint density at radius 2 is 1.79 bits per heavy atom. The maximum atomic E-state index is 13.7. The van der Waals surface area contributed by atoms with E-state index in [9.17, 15) is 14.4 Å². The number of rotatable bonds is 9. The van der Waals surface area contributed by atoms with Crippen molar-refractivity contribution in [2.75, 3.05) is 33.5 Å². The van der Waals surface area contributed by atoms with Crippen LogP contribution < -0.4 is 10.1 Å². The van der Waals surface area contributed by atoms with Gasteiger partial charge in [-0.3, -0.25) is 9.59 Å². The van der Waals surface area contributed by atoms with Gasteiger partial charge in [0.1, 0.15) is 18.3 Å². The van der Waals surface area contributed by atoms with Gasteiger partial charge in [-0.2, -0.15) is 0 Å². The summed E-state index contributed by atoms with van der Waals surface area (Å²) in [6, 6.07) is 7.29. The topological polar surface area (TPSA) is 100 Å². The van der Waals surface area contributed by atoms with Gasteiger partial charge in [-0.1, -0.05) is 19.1 Å². The molecular weight excluding hydrogens is 438 g/mol. The Bertz CT molecular complexity index is 993. The van der Waals surface area contributed by atoms with E-state index in [-0.39, 0.29) is 24.9 Å². The van der Waals surface area contributed by atoms with Gasteiger partial charge >= 0.3 is 11.9 Å². The predicted octanol–water partition coefficient (Wildman–Crippen LogP) is 3.28. The van der Waals surface area contributed by atoms with Crippen molar-refractivity contribution < 1.29 is 33.3 Å². The highest BCUT2D eigenvalue weighted by Crippen LogP contribution is 2.45. The molecule has 0 spiro atoms. The third-order valence-corrected chi connectivity index (χ3v) is 6.15. The van der Waals surface area contributed by atoms with Gasteiger partial charge in [-0.15, -0.1) is 0 Å². The van der Waals surface area contributed by atoms with E-state index in [1.165, 1.54) is 7.11 Å². The molecular formula is C26H33NO7. The number of nitrogens with one attached hydrogen (secondary N) is 1. The monoisotopic (exact) mass is 471 g/mol. The first-order chi connectivity index (χ1) is 16.3. The molecule has 0 unspecified atom stereocenters. The van der Waals surface area contributed by atoms with Crippen molar-refractivity contribution in [1.82, 2.24) is 5.32 Å². The molecule has 2 aliphatic rings. The lowest BCUT2D eigenvalue weighted by Crippen LogP contribution is -2.43. The van der Waals surface area contributed by atoms with E-state index in [1.54, 1.807) is 6.92 Å². The molecule has 0 bridgehead atoms. The Morgan fingerprint density at radius 1 is 1.09 bits per heavy atom. The first-order valence-electron chi connectivity index (χ1n) is 11.6. The molecule has 1 aliphatic carbocycles. The van der Waals surface area contributed by atoms with Gasteiger partial charge < -0.3 is 24.3 Å². The zero-order valence-corrected chi connectivity index (χ0v) is 20.4. The van der Waals surface area contributed by atoms with Gasteiger partial charge in [0.05, 0.1) is 25.9 Å². The number of dihydropyridines is 1. The van der Waals surface area contributed by atoms with E-state index in [1.807, 2.05) is 45.0 Å². The van der Waals surface area contributed by atoms with Crippen LogP contribution in [0.3, 0.4) is 0 Å². The average molecular weight is 472 g/mol. The van der Waals surface area contributed by atoms with Crippen molar-refractivity contribution in [2.24, 2.45) is 11.8 Å². The number of Topliss-reactive ketones (excluding diaryl/α,β-unsaturated/α-hetero) is 1. The number of benzene rings is 1. The van der Waals surface area contributed by atoms with Gasteiger partial charge in [0.15, 0.2) is 5.78 Å². The number of esters is 2. The number of ketones is 1. The molecule has 1 aliphatic heterocycles. The van der Waals surface area contributed by atoms with E-state index in [0.29, 0.717) is 42.2 Å². The first kappa shape index (κ1) is 25.5. The predicted molar refractivity (Wildman–Crippen MR) is 125 cm³/mol.